The number of nitrogens with two attached hydrogens (primary N) is 1. The molecule has 1 unspecified atom stereocenters. The molecular weight excluding hydrogens is 501 g/mol. The molecule has 1 fully saturated rings. The SMILES string of the molecule is COc1c(C2[C@@H](c3nncn3CCc3ccnc(C(N)=O)c3)O[C@](C)(C(F)(F)F)[C@@H]2C)ccc(F)c1F. The van der Waals surface area contributed by atoms with E-state index in [1.54, 1.807) is 6.07 Å². The van der Waals surface area contributed by atoms with Crippen molar-refractivity contribution in [3.8, 4) is 5.75 Å². The Morgan fingerprint density at radius 2 is 2.00 bits per heavy atom. The first-order valence-corrected chi connectivity index (χ1v) is 11.3. The van der Waals surface area contributed by atoms with Crippen LogP contribution in [0, 0.1) is 17.6 Å². The molecule has 4 rings (SSSR count). The van der Waals surface area contributed by atoms with Crippen LogP contribution >= 0.6 is 0 Å². The summed E-state index contributed by atoms with van der Waals surface area (Å²) in [6.07, 6.45) is -3.00. The van der Waals surface area contributed by atoms with Gasteiger partial charge in [-0.15, -0.1) is 10.2 Å². The number of halogens is 5. The second-order valence-electron chi connectivity index (χ2n) is 8.99. The fourth-order valence-electron chi connectivity index (χ4n) is 4.71. The van der Waals surface area contributed by atoms with Gasteiger partial charge in [0, 0.05) is 30.1 Å². The molecular formula is C24H24F5N5O3. The summed E-state index contributed by atoms with van der Waals surface area (Å²) in [4.78, 5) is 15.3. The summed E-state index contributed by atoms with van der Waals surface area (Å²) < 4.78 is 83.4. The van der Waals surface area contributed by atoms with Crippen molar-refractivity contribution >= 4 is 5.91 Å². The summed E-state index contributed by atoms with van der Waals surface area (Å²) in [5, 5.41) is 7.90. The first-order chi connectivity index (χ1) is 17.4. The highest BCUT2D eigenvalue weighted by Crippen LogP contribution is 2.59. The molecule has 1 aliphatic heterocycles. The summed E-state index contributed by atoms with van der Waals surface area (Å²) in [5.41, 5.74) is 3.43. The molecule has 37 heavy (non-hydrogen) atoms. The number of hydrogen-bond acceptors (Lipinski definition) is 6. The van der Waals surface area contributed by atoms with E-state index in [0.29, 0.717) is 12.0 Å². The van der Waals surface area contributed by atoms with Gasteiger partial charge in [-0.05, 0) is 37.1 Å². The third kappa shape index (κ3) is 4.63. The fourth-order valence-corrected chi connectivity index (χ4v) is 4.71. The van der Waals surface area contributed by atoms with Gasteiger partial charge in [0.1, 0.15) is 18.1 Å². The van der Waals surface area contributed by atoms with Crippen LogP contribution in [0.1, 0.15) is 53.3 Å². The highest BCUT2D eigenvalue weighted by atomic mass is 19.4. The Kier molecular flexibility index (Phi) is 6.93. The van der Waals surface area contributed by atoms with Gasteiger partial charge in [0.2, 0.25) is 5.82 Å². The minimum Gasteiger partial charge on any atom is -0.493 e. The lowest BCUT2D eigenvalue weighted by Gasteiger charge is -2.32. The number of rotatable bonds is 7. The number of methoxy groups -OCH3 is 1. The average molecular weight is 525 g/mol. The van der Waals surface area contributed by atoms with Gasteiger partial charge >= 0.3 is 6.18 Å². The van der Waals surface area contributed by atoms with Crippen LogP contribution in [0.4, 0.5) is 22.0 Å². The van der Waals surface area contributed by atoms with Gasteiger partial charge in [0.25, 0.3) is 5.91 Å². The van der Waals surface area contributed by atoms with Crippen LogP contribution in [0.25, 0.3) is 0 Å². The van der Waals surface area contributed by atoms with E-state index < -0.39 is 53.0 Å². The minimum absolute atomic E-state index is 0.0154. The zero-order valence-electron chi connectivity index (χ0n) is 20.1. The highest BCUT2D eigenvalue weighted by Gasteiger charge is 2.65. The van der Waals surface area contributed by atoms with Crippen LogP contribution in [0.2, 0.25) is 0 Å². The number of carbonyl (C=O) groups excluding carboxylic acids is 1. The summed E-state index contributed by atoms with van der Waals surface area (Å²) in [7, 11) is 1.11. The second kappa shape index (κ2) is 9.69. The first-order valence-electron chi connectivity index (χ1n) is 11.3. The van der Waals surface area contributed by atoms with Crippen LogP contribution in [-0.2, 0) is 17.7 Å². The number of alkyl halides is 3. The fraction of sp³-hybridized carbons (Fsp3) is 0.417. The molecule has 3 aromatic rings. The lowest BCUT2D eigenvalue weighted by Crippen LogP contribution is -2.46. The van der Waals surface area contributed by atoms with Crippen molar-refractivity contribution in [3.05, 3.63) is 71.1 Å². The maximum Gasteiger partial charge on any atom is 0.417 e. The molecule has 1 aromatic carbocycles. The number of aryl methyl sites for hydroxylation is 2. The zero-order chi connectivity index (χ0) is 27.1. The summed E-state index contributed by atoms with van der Waals surface area (Å²) in [6.45, 7) is 2.46. The van der Waals surface area contributed by atoms with Crippen LogP contribution < -0.4 is 10.5 Å². The lowest BCUT2D eigenvalue weighted by molar-refractivity contribution is -0.275. The smallest absolute Gasteiger partial charge is 0.417 e. The van der Waals surface area contributed by atoms with Crippen LogP contribution in [0.15, 0.2) is 36.8 Å². The van der Waals surface area contributed by atoms with Gasteiger partial charge < -0.3 is 19.8 Å². The van der Waals surface area contributed by atoms with E-state index in [-0.39, 0.29) is 23.6 Å². The van der Waals surface area contributed by atoms with Crippen LogP contribution in [0.3, 0.4) is 0 Å². The maximum atomic E-state index is 14.6. The van der Waals surface area contributed by atoms with Crippen molar-refractivity contribution in [3.63, 3.8) is 0 Å². The molecule has 0 radical (unpaired) electrons. The Bertz CT molecular complexity index is 1310. The molecule has 2 aromatic heterocycles. The number of hydrogen-bond donors (Lipinski definition) is 1. The molecule has 3 heterocycles. The Hall–Kier alpha value is -3.61. The summed E-state index contributed by atoms with van der Waals surface area (Å²) >= 11 is 0. The van der Waals surface area contributed by atoms with Crippen molar-refractivity contribution in [1.29, 1.82) is 0 Å². The molecule has 0 spiro atoms. The number of nitrogens with zero attached hydrogens (tertiary/aromatic N) is 4. The Morgan fingerprint density at radius 3 is 2.65 bits per heavy atom. The number of carbonyl (C=O) groups is 1. The third-order valence-electron chi connectivity index (χ3n) is 6.93. The third-order valence-corrected chi connectivity index (χ3v) is 6.93. The first kappa shape index (κ1) is 26.5. The summed E-state index contributed by atoms with van der Waals surface area (Å²) in [6, 6.07) is 5.21. The van der Waals surface area contributed by atoms with Gasteiger partial charge in [0.15, 0.2) is 23.0 Å². The Labute approximate surface area is 208 Å². The molecule has 1 amide bonds. The van der Waals surface area contributed by atoms with E-state index >= 15 is 0 Å². The molecule has 198 valence electrons. The number of aromatic nitrogens is 4. The highest BCUT2D eigenvalue weighted by molar-refractivity contribution is 5.90. The predicted octanol–water partition coefficient (Wildman–Crippen LogP) is 4.11. The topological polar surface area (TPSA) is 105 Å². The van der Waals surface area contributed by atoms with Crippen LogP contribution in [-0.4, -0.2) is 44.5 Å². The lowest BCUT2D eigenvalue weighted by atomic mass is 9.77. The number of benzene rings is 1. The van der Waals surface area contributed by atoms with E-state index in [2.05, 4.69) is 15.2 Å². The van der Waals surface area contributed by atoms with Gasteiger partial charge in [-0.2, -0.15) is 17.6 Å². The number of amides is 1. The van der Waals surface area contributed by atoms with Crippen LogP contribution in [0.5, 0.6) is 5.75 Å². The molecule has 0 bridgehead atoms. The largest absolute Gasteiger partial charge is 0.493 e. The van der Waals surface area contributed by atoms with Gasteiger partial charge in [-0.3, -0.25) is 9.78 Å². The van der Waals surface area contributed by atoms with Gasteiger partial charge in [-0.25, -0.2) is 4.39 Å². The second-order valence-corrected chi connectivity index (χ2v) is 8.99. The van der Waals surface area contributed by atoms with Crippen molar-refractivity contribution in [2.45, 2.75) is 50.6 Å². The van der Waals surface area contributed by atoms with E-state index in [4.69, 9.17) is 15.2 Å². The van der Waals surface area contributed by atoms with E-state index in [1.165, 1.54) is 36.1 Å². The minimum atomic E-state index is -4.78. The Balaban J connectivity index is 1.75. The van der Waals surface area contributed by atoms with E-state index in [0.717, 1.165) is 20.1 Å². The normalized spacial score (nSPS) is 23.8. The standard InChI is InChI=1S/C24H24F5N5O3/c1-12-17(14-4-5-15(25)18(26)19(14)36-3)20(37-23(12,2)24(27,28)29)22-33-32-11-34(22)9-7-13-6-8-31-16(10-13)21(30)35/h4-6,8,10-12,17,20H,7,9H2,1-3H3,(H2,30,35)/t12-,17?,20+,23+/m1/s1. The van der Waals surface area contributed by atoms with Crippen molar-refractivity contribution in [2.24, 2.45) is 11.7 Å². The van der Waals surface area contributed by atoms with Crippen molar-refractivity contribution < 1.29 is 36.2 Å². The van der Waals surface area contributed by atoms with Gasteiger partial charge in [-0.1, -0.05) is 13.0 Å². The monoisotopic (exact) mass is 525 g/mol. The summed E-state index contributed by atoms with van der Waals surface area (Å²) in [5.74, 6) is -5.98. The molecule has 1 saturated heterocycles. The molecule has 0 saturated carbocycles. The molecule has 4 atom stereocenters. The maximum absolute atomic E-state index is 14.6. The number of primary amides is 1. The Morgan fingerprint density at radius 1 is 1.27 bits per heavy atom. The molecule has 0 aliphatic carbocycles. The quantitative estimate of drug-likeness (QED) is 0.466. The molecule has 8 nitrogen and oxygen atoms in total. The number of ether oxygens (including phenoxy) is 2. The van der Waals surface area contributed by atoms with Gasteiger partial charge in [0.05, 0.1) is 7.11 Å². The molecule has 1 aliphatic rings. The van der Waals surface area contributed by atoms with E-state index in [9.17, 15) is 26.7 Å². The average Bonchev–Trinajstić information content (AvgIpc) is 3.42. The van der Waals surface area contributed by atoms with Crippen molar-refractivity contribution in [1.82, 2.24) is 19.7 Å². The molecule has 13 heteroatoms. The number of pyridine rings is 1. The van der Waals surface area contributed by atoms with Crippen molar-refractivity contribution in [2.75, 3.05) is 7.11 Å². The molecule has 2 N–H and O–H groups in total. The zero-order valence-corrected chi connectivity index (χ0v) is 20.1. The predicted molar refractivity (Wildman–Crippen MR) is 120 cm³/mol. The van der Waals surface area contributed by atoms with E-state index in [1.807, 2.05) is 0 Å².